The first-order chi connectivity index (χ1) is 12.6. The van der Waals surface area contributed by atoms with E-state index < -0.39 is 36.5 Å². The number of ether oxygens (including phenoxy) is 1. The molecule has 1 atom stereocenters. The normalized spacial score (nSPS) is 12.4. The number of nitrogens with zero attached hydrogens (tertiary/aromatic N) is 1. The Bertz CT molecular complexity index is 643. The van der Waals surface area contributed by atoms with Crippen LogP contribution in [0.25, 0.3) is 0 Å². The predicted octanol–water partition coefficient (Wildman–Crippen LogP) is 3.42. The molecule has 1 rings (SSSR count). The highest BCUT2D eigenvalue weighted by molar-refractivity contribution is 5.97. The molecule has 1 aromatic carbocycles. The van der Waals surface area contributed by atoms with Crippen molar-refractivity contribution in [3.63, 3.8) is 0 Å². The van der Waals surface area contributed by atoms with E-state index in [0.29, 0.717) is 17.3 Å². The van der Waals surface area contributed by atoms with Crippen molar-refractivity contribution in [2.24, 2.45) is 5.92 Å². The lowest BCUT2D eigenvalue weighted by Gasteiger charge is -2.29. The van der Waals surface area contributed by atoms with Gasteiger partial charge >= 0.3 is 6.18 Å². The molecule has 0 radical (unpaired) electrons. The second-order valence-corrected chi connectivity index (χ2v) is 6.28. The summed E-state index contributed by atoms with van der Waals surface area (Å²) < 4.78 is 43.6. The molecular weight excluding hydrogens is 361 g/mol. The molecule has 2 amide bonds. The molecule has 0 spiro atoms. The topological polar surface area (TPSA) is 58.6 Å². The molecule has 1 N–H and O–H groups in total. The largest absolute Gasteiger partial charge is 0.494 e. The average Bonchev–Trinajstić information content (AvgIpc) is 2.58. The molecule has 8 heteroatoms. The van der Waals surface area contributed by atoms with Crippen molar-refractivity contribution in [3.05, 3.63) is 42.5 Å². The first kappa shape index (κ1) is 22.5. The number of hydrogen-bond acceptors (Lipinski definition) is 3. The number of alkyl halides is 3. The van der Waals surface area contributed by atoms with E-state index >= 15 is 0 Å². The molecule has 0 heterocycles. The zero-order valence-corrected chi connectivity index (χ0v) is 15.7. The van der Waals surface area contributed by atoms with Crippen molar-refractivity contribution in [1.29, 1.82) is 0 Å². The zero-order valence-electron chi connectivity index (χ0n) is 15.7. The minimum atomic E-state index is -4.54. The fraction of sp³-hybridized carbons (Fsp3) is 0.474. The summed E-state index contributed by atoms with van der Waals surface area (Å²) in [5, 5.41) is 2.54. The summed E-state index contributed by atoms with van der Waals surface area (Å²) in [6.07, 6.45) is -3.32. The second-order valence-electron chi connectivity index (χ2n) is 6.28. The van der Waals surface area contributed by atoms with E-state index in [1.165, 1.54) is 18.2 Å². The van der Waals surface area contributed by atoms with Crippen molar-refractivity contribution >= 4 is 11.8 Å². The van der Waals surface area contributed by atoms with Gasteiger partial charge in [0.1, 0.15) is 18.3 Å². The third-order valence-electron chi connectivity index (χ3n) is 3.68. The van der Waals surface area contributed by atoms with Crippen LogP contribution in [0.3, 0.4) is 0 Å². The minimum absolute atomic E-state index is 0.263. The van der Waals surface area contributed by atoms with Crippen LogP contribution in [0.4, 0.5) is 13.2 Å². The van der Waals surface area contributed by atoms with Crippen molar-refractivity contribution in [2.45, 2.75) is 33.0 Å². The Labute approximate surface area is 157 Å². The predicted molar refractivity (Wildman–Crippen MR) is 96.5 cm³/mol. The van der Waals surface area contributed by atoms with Crippen LogP contribution in [-0.4, -0.2) is 48.6 Å². The molecule has 0 fully saturated rings. The van der Waals surface area contributed by atoms with Gasteiger partial charge in [0, 0.05) is 12.1 Å². The molecule has 0 bridgehead atoms. The van der Waals surface area contributed by atoms with Gasteiger partial charge in [-0.2, -0.15) is 13.2 Å². The Kier molecular flexibility index (Phi) is 8.33. The number of carbonyl (C=O) groups excluding carboxylic acids is 2. The van der Waals surface area contributed by atoms with E-state index in [0.717, 1.165) is 0 Å². The highest BCUT2D eigenvalue weighted by Crippen LogP contribution is 2.19. The van der Waals surface area contributed by atoms with Gasteiger partial charge in [-0.15, -0.1) is 6.58 Å². The maximum absolute atomic E-state index is 12.8. The fourth-order valence-electron chi connectivity index (χ4n) is 2.41. The Balaban J connectivity index is 2.94. The fourth-order valence-corrected chi connectivity index (χ4v) is 2.41. The second kappa shape index (κ2) is 9.99. The number of amides is 2. The molecule has 5 nitrogen and oxygen atoms in total. The van der Waals surface area contributed by atoms with Gasteiger partial charge in [0.15, 0.2) is 0 Å². The summed E-state index contributed by atoms with van der Waals surface area (Å²) in [5.41, 5.74) is 0.281. The quantitative estimate of drug-likeness (QED) is 0.662. The van der Waals surface area contributed by atoms with E-state index in [4.69, 9.17) is 4.74 Å². The van der Waals surface area contributed by atoms with Gasteiger partial charge < -0.3 is 15.0 Å². The summed E-state index contributed by atoms with van der Waals surface area (Å²) in [6, 6.07) is 5.18. The van der Waals surface area contributed by atoms with Crippen LogP contribution in [0.1, 0.15) is 31.1 Å². The smallest absolute Gasteiger partial charge is 0.406 e. The highest BCUT2D eigenvalue weighted by atomic mass is 19.4. The Hall–Kier alpha value is -2.51. The molecule has 0 saturated carbocycles. The number of carbonyl (C=O) groups is 2. The van der Waals surface area contributed by atoms with Gasteiger partial charge in [0.05, 0.1) is 6.61 Å². The number of halogens is 3. The first-order valence-corrected chi connectivity index (χ1v) is 8.59. The number of rotatable bonds is 9. The number of hydrogen-bond donors (Lipinski definition) is 1. The van der Waals surface area contributed by atoms with Crippen LogP contribution < -0.4 is 10.1 Å². The lowest BCUT2D eigenvalue weighted by atomic mass is 10.0. The molecule has 0 saturated heterocycles. The highest BCUT2D eigenvalue weighted by Gasteiger charge is 2.36. The van der Waals surface area contributed by atoms with Crippen LogP contribution in [0, 0.1) is 5.92 Å². The molecule has 150 valence electrons. The molecular formula is C19H25F3N2O3. The van der Waals surface area contributed by atoms with E-state index in [1.807, 2.05) is 6.92 Å². The van der Waals surface area contributed by atoms with Crippen LogP contribution in [-0.2, 0) is 4.79 Å². The zero-order chi connectivity index (χ0) is 20.6. The molecule has 1 unspecified atom stereocenters. The van der Waals surface area contributed by atoms with Crippen molar-refractivity contribution in [1.82, 2.24) is 10.2 Å². The molecule has 0 aromatic heterocycles. The van der Waals surface area contributed by atoms with Gasteiger partial charge in [-0.3, -0.25) is 9.59 Å². The van der Waals surface area contributed by atoms with Gasteiger partial charge in [-0.05, 0) is 37.1 Å². The van der Waals surface area contributed by atoms with Crippen molar-refractivity contribution in [2.75, 3.05) is 19.7 Å². The lowest BCUT2D eigenvalue weighted by molar-refractivity contribution is -0.161. The SMILES string of the molecule is C=CCN(CC(F)(F)F)C(=O)C(NC(=O)c1ccc(OCC)cc1)C(C)C. The monoisotopic (exact) mass is 386 g/mol. The molecule has 27 heavy (non-hydrogen) atoms. The van der Waals surface area contributed by atoms with E-state index in [9.17, 15) is 22.8 Å². The van der Waals surface area contributed by atoms with E-state index in [1.54, 1.807) is 26.0 Å². The summed E-state index contributed by atoms with van der Waals surface area (Å²) in [4.78, 5) is 25.7. The third-order valence-corrected chi connectivity index (χ3v) is 3.68. The lowest BCUT2D eigenvalue weighted by Crippen LogP contribution is -2.53. The van der Waals surface area contributed by atoms with Crippen molar-refractivity contribution in [3.8, 4) is 5.75 Å². The number of benzene rings is 1. The average molecular weight is 386 g/mol. The van der Waals surface area contributed by atoms with Crippen molar-refractivity contribution < 1.29 is 27.5 Å². The standard InChI is InChI=1S/C19H25F3N2O3/c1-5-11-24(12-19(20,21)22)18(26)16(13(3)4)23-17(25)14-7-9-15(10-8-14)27-6-2/h5,7-10,13,16H,1,6,11-12H2,2-4H3,(H,23,25). The summed E-state index contributed by atoms with van der Waals surface area (Å²) in [6.45, 7) is 7.34. The maximum Gasteiger partial charge on any atom is 0.406 e. The van der Waals surface area contributed by atoms with E-state index in [2.05, 4.69) is 11.9 Å². The first-order valence-electron chi connectivity index (χ1n) is 8.59. The van der Waals surface area contributed by atoms with Gasteiger partial charge in [-0.25, -0.2) is 0 Å². The van der Waals surface area contributed by atoms with Gasteiger partial charge in [0.25, 0.3) is 5.91 Å². The maximum atomic E-state index is 12.8. The van der Waals surface area contributed by atoms with Crippen LogP contribution in [0.5, 0.6) is 5.75 Å². The summed E-state index contributed by atoms with van der Waals surface area (Å²) in [5.74, 6) is -1.16. The molecule has 0 aliphatic rings. The number of nitrogens with one attached hydrogen (secondary N) is 1. The molecule has 1 aromatic rings. The van der Waals surface area contributed by atoms with Crippen LogP contribution in [0.2, 0.25) is 0 Å². The molecule has 0 aliphatic carbocycles. The summed E-state index contributed by atoms with van der Waals surface area (Å²) in [7, 11) is 0. The van der Waals surface area contributed by atoms with Crippen LogP contribution >= 0.6 is 0 Å². The Morgan fingerprint density at radius 1 is 1.26 bits per heavy atom. The summed E-state index contributed by atoms with van der Waals surface area (Å²) >= 11 is 0. The molecule has 0 aliphatic heterocycles. The Morgan fingerprint density at radius 2 is 1.85 bits per heavy atom. The van der Waals surface area contributed by atoms with Gasteiger partial charge in [-0.1, -0.05) is 19.9 Å². The van der Waals surface area contributed by atoms with Crippen LogP contribution in [0.15, 0.2) is 36.9 Å². The minimum Gasteiger partial charge on any atom is -0.494 e. The third kappa shape index (κ3) is 7.32. The van der Waals surface area contributed by atoms with Gasteiger partial charge in [0.2, 0.25) is 5.91 Å². The Morgan fingerprint density at radius 3 is 2.30 bits per heavy atom. The van der Waals surface area contributed by atoms with E-state index in [-0.39, 0.29) is 12.1 Å².